The second-order valence-electron chi connectivity index (χ2n) is 14.5. The van der Waals surface area contributed by atoms with Crippen molar-refractivity contribution in [1.29, 1.82) is 0 Å². The largest absolute Gasteiger partial charge is 0.499 e. The zero-order valence-electron chi connectivity index (χ0n) is 30.0. The molecule has 0 spiro atoms. The summed E-state index contributed by atoms with van der Waals surface area (Å²) in [5, 5.41) is 22.6. The monoisotopic (exact) mass is 713 g/mol. The van der Waals surface area contributed by atoms with Crippen molar-refractivity contribution in [3.05, 3.63) is 41.7 Å². The van der Waals surface area contributed by atoms with Crippen LogP contribution in [-0.4, -0.2) is 113 Å². The molecule has 7 atom stereocenters. The molecule has 13 nitrogen and oxygen atoms in total. The fraction of sp³-hybridized carbons (Fsp3) is 0.711. The first kappa shape index (κ1) is 37.7. The van der Waals surface area contributed by atoms with Gasteiger partial charge in [0.05, 0.1) is 26.0 Å². The normalized spacial score (nSPS) is 30.8. The zero-order valence-corrected chi connectivity index (χ0v) is 30.0. The molecule has 0 aromatic heterocycles. The molecule has 4 heterocycles. The summed E-state index contributed by atoms with van der Waals surface area (Å²) in [6, 6.07) is 5.91. The standard InChI is InChI=1S/C38H55N3O10/c1-3-5-7-16-37(17-8-6-4-2)49-30-29-24-38(36(46)40-19-9-10-28(40)34(44)39-18-20-42)32(35(45)48-29)41(51-33(38)31(30)50-37)25-27-13-11-26(12-14-27)15-22-47-23-21-43/h11-15,22,28-33,42-43H,3-10,16-21,23-25H2,1-2H3,(H,39,44)/t28-,29?,30+,31+,32+,33-,38?/m1/s1. The Balaban J connectivity index is 1.33. The van der Waals surface area contributed by atoms with E-state index in [-0.39, 0.29) is 51.1 Å². The first-order valence-electron chi connectivity index (χ1n) is 19.0. The molecule has 1 aliphatic carbocycles. The number of likely N-dealkylation sites (tertiary alicyclic amines) is 1. The summed E-state index contributed by atoms with van der Waals surface area (Å²) in [6.45, 7) is 4.93. The summed E-state index contributed by atoms with van der Waals surface area (Å²) < 4.78 is 25.3. The maximum absolute atomic E-state index is 15.1. The Morgan fingerprint density at radius 3 is 2.43 bits per heavy atom. The smallest absolute Gasteiger partial charge is 0.327 e. The van der Waals surface area contributed by atoms with E-state index in [0.29, 0.717) is 32.2 Å². The molecule has 2 amide bonds. The summed E-state index contributed by atoms with van der Waals surface area (Å²) in [7, 11) is 0. The van der Waals surface area contributed by atoms with Gasteiger partial charge >= 0.3 is 5.97 Å². The minimum Gasteiger partial charge on any atom is -0.499 e. The highest BCUT2D eigenvalue weighted by molar-refractivity contribution is 5.96. The maximum atomic E-state index is 15.1. The molecular formula is C38H55N3O10. The molecule has 6 rings (SSSR count). The number of amides is 2. The number of aliphatic hydroxyl groups excluding tert-OH is 2. The first-order valence-corrected chi connectivity index (χ1v) is 19.0. The summed E-state index contributed by atoms with van der Waals surface area (Å²) in [5.41, 5.74) is 0.385. The predicted octanol–water partition coefficient (Wildman–Crippen LogP) is 3.21. The van der Waals surface area contributed by atoms with E-state index in [4.69, 9.17) is 28.9 Å². The Morgan fingerprint density at radius 1 is 1.02 bits per heavy atom. The molecular weight excluding hydrogens is 658 g/mol. The molecule has 3 N–H and O–H groups in total. The number of hydrogen-bond donors (Lipinski definition) is 3. The number of esters is 1. The lowest BCUT2D eigenvalue weighted by molar-refractivity contribution is -0.225. The summed E-state index contributed by atoms with van der Waals surface area (Å²) >= 11 is 0. The Labute approximate surface area is 300 Å². The molecule has 2 bridgehead atoms. The lowest BCUT2D eigenvalue weighted by Crippen LogP contribution is -2.70. The van der Waals surface area contributed by atoms with Crippen LogP contribution in [0.3, 0.4) is 0 Å². The number of unbranched alkanes of at least 4 members (excludes halogenated alkanes) is 4. The van der Waals surface area contributed by atoms with Gasteiger partial charge in [0.25, 0.3) is 0 Å². The molecule has 4 saturated heterocycles. The third kappa shape index (κ3) is 7.56. The molecule has 0 radical (unpaired) electrons. The molecule has 282 valence electrons. The Morgan fingerprint density at radius 2 is 1.75 bits per heavy atom. The van der Waals surface area contributed by atoms with Gasteiger partial charge in [0.2, 0.25) is 11.8 Å². The van der Waals surface area contributed by atoms with Crippen molar-refractivity contribution in [3.63, 3.8) is 0 Å². The average Bonchev–Trinajstić information content (AvgIpc) is 3.86. The number of benzene rings is 1. The summed E-state index contributed by atoms with van der Waals surface area (Å²) in [6.07, 6.45) is 9.28. The van der Waals surface area contributed by atoms with Gasteiger partial charge in [-0.15, -0.1) is 0 Å². The van der Waals surface area contributed by atoms with Crippen molar-refractivity contribution in [2.45, 2.75) is 133 Å². The van der Waals surface area contributed by atoms with E-state index in [2.05, 4.69) is 19.2 Å². The Kier molecular flexibility index (Phi) is 12.4. The van der Waals surface area contributed by atoms with Gasteiger partial charge in [-0.3, -0.25) is 19.2 Å². The lowest BCUT2D eigenvalue weighted by atomic mass is 9.62. The topological polar surface area (TPSA) is 156 Å². The fourth-order valence-electron chi connectivity index (χ4n) is 8.69. The molecule has 2 unspecified atom stereocenters. The average molecular weight is 714 g/mol. The van der Waals surface area contributed by atoms with Gasteiger partial charge in [0.15, 0.2) is 11.8 Å². The van der Waals surface area contributed by atoms with Crippen molar-refractivity contribution in [3.8, 4) is 0 Å². The summed E-state index contributed by atoms with van der Waals surface area (Å²) in [4.78, 5) is 51.0. The number of hydrogen-bond acceptors (Lipinski definition) is 11. The number of carbonyl (C=O) groups excluding carboxylic acids is 3. The molecule has 13 heteroatoms. The van der Waals surface area contributed by atoms with Crippen LogP contribution in [0.4, 0.5) is 0 Å². The number of nitrogens with zero attached hydrogens (tertiary/aromatic N) is 2. The number of rotatable bonds is 18. The summed E-state index contributed by atoms with van der Waals surface area (Å²) in [5.74, 6) is -2.03. The van der Waals surface area contributed by atoms with E-state index < -0.39 is 53.7 Å². The molecule has 1 aromatic rings. The van der Waals surface area contributed by atoms with E-state index >= 15 is 4.79 Å². The van der Waals surface area contributed by atoms with Crippen molar-refractivity contribution >= 4 is 23.9 Å². The quantitative estimate of drug-likeness (QED) is 0.117. The Hall–Kier alpha value is -3.07. The highest BCUT2D eigenvalue weighted by atomic mass is 16.8. The molecule has 4 aliphatic heterocycles. The Bertz CT molecular complexity index is 1380. The predicted molar refractivity (Wildman–Crippen MR) is 185 cm³/mol. The molecule has 1 aromatic carbocycles. The number of aliphatic hydroxyl groups is 2. The van der Waals surface area contributed by atoms with Crippen molar-refractivity contribution < 1.29 is 48.4 Å². The molecule has 1 saturated carbocycles. The minimum absolute atomic E-state index is 0.0682. The zero-order chi connectivity index (χ0) is 36.0. The second kappa shape index (κ2) is 16.7. The van der Waals surface area contributed by atoms with E-state index in [1.807, 2.05) is 24.3 Å². The number of fused-ring (bicyclic) bond motifs is 4. The van der Waals surface area contributed by atoms with Crippen molar-refractivity contribution in [2.75, 3.05) is 32.9 Å². The highest BCUT2D eigenvalue weighted by Crippen LogP contribution is 2.59. The van der Waals surface area contributed by atoms with Crippen LogP contribution in [0.2, 0.25) is 0 Å². The second-order valence-corrected chi connectivity index (χ2v) is 14.5. The van der Waals surface area contributed by atoms with Crippen LogP contribution >= 0.6 is 0 Å². The van der Waals surface area contributed by atoms with Gasteiger partial charge in [-0.05, 0) is 42.9 Å². The van der Waals surface area contributed by atoms with E-state index in [1.54, 1.807) is 16.0 Å². The van der Waals surface area contributed by atoms with Gasteiger partial charge in [-0.2, -0.15) is 5.06 Å². The van der Waals surface area contributed by atoms with Gasteiger partial charge in [-0.1, -0.05) is 63.8 Å². The van der Waals surface area contributed by atoms with E-state index in [1.165, 1.54) is 6.26 Å². The number of carbonyl (C=O) groups is 3. The van der Waals surface area contributed by atoms with Crippen LogP contribution in [0.25, 0.3) is 6.08 Å². The SMILES string of the molecule is CCCCCC1(CCCCC)O[C@@H]2[C@H]3ON(Cc4ccc(C=COCCO)cc4)[C@H]4C(=O)OC(CC34C(=O)N3CCC[C@@H]3C(=O)NCCO)[C@@H]2O1. The molecule has 5 aliphatic rings. The van der Waals surface area contributed by atoms with E-state index in [9.17, 15) is 14.7 Å². The third-order valence-electron chi connectivity index (χ3n) is 11.1. The third-order valence-corrected chi connectivity index (χ3v) is 11.1. The van der Waals surface area contributed by atoms with Crippen molar-refractivity contribution in [1.82, 2.24) is 15.3 Å². The van der Waals surface area contributed by atoms with Gasteiger partial charge < -0.3 is 39.4 Å². The van der Waals surface area contributed by atoms with Crippen LogP contribution in [0.15, 0.2) is 30.5 Å². The number of hydroxylamine groups is 2. The van der Waals surface area contributed by atoms with Crippen LogP contribution < -0.4 is 5.32 Å². The number of ether oxygens (including phenoxy) is 4. The van der Waals surface area contributed by atoms with Gasteiger partial charge in [0.1, 0.15) is 42.5 Å². The van der Waals surface area contributed by atoms with Gasteiger partial charge in [0, 0.05) is 32.4 Å². The first-order chi connectivity index (χ1) is 24.8. The number of nitrogens with one attached hydrogen (secondary N) is 1. The van der Waals surface area contributed by atoms with Crippen LogP contribution in [0, 0.1) is 5.41 Å². The van der Waals surface area contributed by atoms with Gasteiger partial charge in [-0.25, -0.2) is 0 Å². The fourth-order valence-corrected chi connectivity index (χ4v) is 8.69. The lowest BCUT2D eigenvalue weighted by Gasteiger charge is -2.50. The highest BCUT2D eigenvalue weighted by Gasteiger charge is 2.77. The molecule has 51 heavy (non-hydrogen) atoms. The minimum atomic E-state index is -1.36. The maximum Gasteiger partial charge on any atom is 0.327 e. The van der Waals surface area contributed by atoms with Crippen molar-refractivity contribution in [2.24, 2.45) is 5.41 Å². The van der Waals surface area contributed by atoms with Crippen LogP contribution in [0.5, 0.6) is 0 Å². The van der Waals surface area contributed by atoms with E-state index in [0.717, 1.165) is 49.7 Å². The molecule has 5 fully saturated rings. The van der Waals surface area contributed by atoms with Crippen LogP contribution in [0.1, 0.15) is 95.6 Å². The van der Waals surface area contributed by atoms with Crippen LogP contribution in [-0.2, 0) is 44.7 Å².